The minimum absolute atomic E-state index is 0.0560. The topological polar surface area (TPSA) is 56.6 Å². The normalized spacial score (nSPS) is 22.7. The Balaban J connectivity index is 1.57. The van der Waals surface area contributed by atoms with E-state index in [0.717, 1.165) is 54.2 Å². The van der Waals surface area contributed by atoms with Crippen molar-refractivity contribution >= 4 is 11.6 Å². The van der Waals surface area contributed by atoms with Gasteiger partial charge in [0.1, 0.15) is 5.75 Å². The summed E-state index contributed by atoms with van der Waals surface area (Å²) in [4.78, 5) is 14.3. The first-order chi connectivity index (χ1) is 14.0. The summed E-state index contributed by atoms with van der Waals surface area (Å²) in [6.07, 6.45) is 8.34. The fraction of sp³-hybridized carbons (Fsp3) is 0.565. The zero-order chi connectivity index (χ0) is 20.2. The van der Waals surface area contributed by atoms with Gasteiger partial charge in [-0.25, -0.2) is 0 Å². The lowest BCUT2D eigenvalue weighted by atomic mass is 9.89. The second-order valence-electron chi connectivity index (χ2n) is 9.25. The van der Waals surface area contributed by atoms with Crippen LogP contribution in [0.4, 0.5) is 5.69 Å². The maximum Gasteiger partial charge on any atom is 0.224 e. The van der Waals surface area contributed by atoms with E-state index in [-0.39, 0.29) is 17.4 Å². The minimum atomic E-state index is 0.0560. The second-order valence-corrected chi connectivity index (χ2v) is 9.25. The van der Waals surface area contributed by atoms with Crippen molar-refractivity contribution in [2.24, 2.45) is 5.41 Å². The summed E-state index contributed by atoms with van der Waals surface area (Å²) in [5.41, 5.74) is 4.33. The van der Waals surface area contributed by atoms with Crippen LogP contribution in [0.25, 0.3) is 11.1 Å². The van der Waals surface area contributed by atoms with Gasteiger partial charge in [0.25, 0.3) is 0 Å². The molecule has 6 heteroatoms. The van der Waals surface area contributed by atoms with Gasteiger partial charge in [0.2, 0.25) is 5.91 Å². The summed E-state index contributed by atoms with van der Waals surface area (Å²) in [5.74, 6) is 0.988. The largest absolute Gasteiger partial charge is 0.492 e. The molecule has 6 nitrogen and oxygen atoms in total. The van der Waals surface area contributed by atoms with E-state index in [2.05, 4.69) is 42.0 Å². The highest BCUT2D eigenvalue weighted by atomic mass is 16.5. The summed E-state index contributed by atoms with van der Waals surface area (Å²) in [6, 6.07) is 4.92. The van der Waals surface area contributed by atoms with Crippen LogP contribution in [-0.2, 0) is 16.0 Å². The Morgan fingerprint density at radius 2 is 2.10 bits per heavy atom. The zero-order valence-corrected chi connectivity index (χ0v) is 17.5. The fourth-order valence-corrected chi connectivity index (χ4v) is 4.47. The quantitative estimate of drug-likeness (QED) is 0.768. The third kappa shape index (κ3) is 3.33. The standard InChI is InChI=1S/C23H29N3O3/c1-15-4-7-20-21(26(15)16(2)27)9-8-19(17-10-24-25(11-17)18-5-6-18)22(20)29-14-23(3)12-28-13-23/h8-11,15,18H,4-7,12-14H2,1-3H3. The predicted octanol–water partition coefficient (Wildman–Crippen LogP) is 3.99. The van der Waals surface area contributed by atoms with Crippen molar-refractivity contribution in [1.29, 1.82) is 0 Å². The fourth-order valence-electron chi connectivity index (χ4n) is 4.47. The number of carbonyl (C=O) groups is 1. The number of benzene rings is 1. The number of anilines is 1. The molecule has 5 rings (SSSR count). The van der Waals surface area contributed by atoms with E-state index >= 15 is 0 Å². The van der Waals surface area contributed by atoms with Gasteiger partial charge in [-0.3, -0.25) is 9.48 Å². The van der Waals surface area contributed by atoms with Gasteiger partial charge in [-0.1, -0.05) is 6.92 Å². The Morgan fingerprint density at radius 3 is 2.76 bits per heavy atom. The number of ether oxygens (including phenoxy) is 2. The van der Waals surface area contributed by atoms with Crippen molar-refractivity contribution in [1.82, 2.24) is 9.78 Å². The third-order valence-corrected chi connectivity index (χ3v) is 6.39. The molecule has 1 saturated heterocycles. The van der Waals surface area contributed by atoms with E-state index in [1.807, 2.05) is 11.1 Å². The van der Waals surface area contributed by atoms with Crippen molar-refractivity contribution in [2.75, 3.05) is 24.7 Å². The number of aromatic nitrogens is 2. The molecule has 3 aliphatic rings. The number of amides is 1. The van der Waals surface area contributed by atoms with Crippen LogP contribution < -0.4 is 9.64 Å². The van der Waals surface area contributed by atoms with Gasteiger partial charge in [0, 0.05) is 41.3 Å². The first-order valence-corrected chi connectivity index (χ1v) is 10.7. The molecule has 2 aromatic rings. The van der Waals surface area contributed by atoms with Crippen molar-refractivity contribution in [2.45, 2.75) is 58.5 Å². The molecule has 1 saturated carbocycles. The monoisotopic (exact) mass is 395 g/mol. The molecule has 0 spiro atoms. The summed E-state index contributed by atoms with van der Waals surface area (Å²) in [6.45, 7) is 8.03. The van der Waals surface area contributed by atoms with E-state index in [9.17, 15) is 4.79 Å². The average molecular weight is 396 g/mol. The van der Waals surface area contributed by atoms with Crippen LogP contribution in [0.1, 0.15) is 51.6 Å². The van der Waals surface area contributed by atoms with Crippen molar-refractivity contribution < 1.29 is 14.3 Å². The number of nitrogens with zero attached hydrogens (tertiary/aromatic N) is 3. The number of hydrogen-bond acceptors (Lipinski definition) is 4. The molecule has 0 N–H and O–H groups in total. The third-order valence-electron chi connectivity index (χ3n) is 6.39. The molecular formula is C23H29N3O3. The molecule has 0 radical (unpaired) electrons. The average Bonchev–Trinajstić information content (AvgIpc) is 3.41. The van der Waals surface area contributed by atoms with Crippen LogP contribution in [0.5, 0.6) is 5.75 Å². The molecule has 1 unspecified atom stereocenters. The van der Waals surface area contributed by atoms with Crippen LogP contribution in [0.3, 0.4) is 0 Å². The predicted molar refractivity (Wildman–Crippen MR) is 111 cm³/mol. The second kappa shape index (κ2) is 6.87. The Kier molecular flexibility index (Phi) is 4.42. The minimum Gasteiger partial charge on any atom is -0.492 e. The molecule has 1 aliphatic carbocycles. The molecule has 2 aliphatic heterocycles. The van der Waals surface area contributed by atoms with Gasteiger partial charge in [0.05, 0.1) is 37.7 Å². The lowest BCUT2D eigenvalue weighted by Gasteiger charge is -2.39. The Labute approximate surface area is 171 Å². The van der Waals surface area contributed by atoms with Crippen molar-refractivity contribution in [3.05, 3.63) is 30.1 Å². The molecular weight excluding hydrogens is 366 g/mol. The van der Waals surface area contributed by atoms with Gasteiger partial charge >= 0.3 is 0 Å². The number of fused-ring (bicyclic) bond motifs is 1. The molecule has 2 fully saturated rings. The summed E-state index contributed by atoms with van der Waals surface area (Å²) in [5, 5.41) is 4.58. The molecule has 0 bridgehead atoms. The van der Waals surface area contributed by atoms with Gasteiger partial charge in [0.15, 0.2) is 0 Å². The van der Waals surface area contributed by atoms with E-state index in [1.54, 1.807) is 6.92 Å². The van der Waals surface area contributed by atoms with Gasteiger partial charge in [-0.15, -0.1) is 0 Å². The molecule has 1 aromatic heterocycles. The van der Waals surface area contributed by atoms with E-state index in [0.29, 0.717) is 12.6 Å². The summed E-state index contributed by atoms with van der Waals surface area (Å²) >= 11 is 0. The smallest absolute Gasteiger partial charge is 0.224 e. The van der Waals surface area contributed by atoms with Crippen LogP contribution in [0, 0.1) is 5.41 Å². The first-order valence-electron chi connectivity index (χ1n) is 10.7. The van der Waals surface area contributed by atoms with Crippen LogP contribution >= 0.6 is 0 Å². The van der Waals surface area contributed by atoms with Crippen LogP contribution in [0.2, 0.25) is 0 Å². The van der Waals surface area contributed by atoms with E-state index < -0.39 is 0 Å². The zero-order valence-electron chi connectivity index (χ0n) is 17.5. The Morgan fingerprint density at radius 1 is 1.31 bits per heavy atom. The van der Waals surface area contributed by atoms with Crippen LogP contribution in [0.15, 0.2) is 24.5 Å². The maximum atomic E-state index is 12.4. The summed E-state index contributed by atoms with van der Waals surface area (Å²) < 4.78 is 14.0. The molecule has 29 heavy (non-hydrogen) atoms. The molecule has 1 atom stereocenters. The van der Waals surface area contributed by atoms with Crippen molar-refractivity contribution in [3.63, 3.8) is 0 Å². The van der Waals surface area contributed by atoms with Gasteiger partial charge in [-0.05, 0) is 44.7 Å². The highest BCUT2D eigenvalue weighted by molar-refractivity contribution is 5.95. The lowest BCUT2D eigenvalue weighted by Crippen LogP contribution is -2.44. The number of hydrogen-bond donors (Lipinski definition) is 0. The highest BCUT2D eigenvalue weighted by Crippen LogP contribution is 2.44. The molecule has 1 amide bonds. The Bertz CT molecular complexity index is 943. The van der Waals surface area contributed by atoms with Crippen molar-refractivity contribution in [3.8, 4) is 16.9 Å². The molecule has 154 valence electrons. The van der Waals surface area contributed by atoms with Gasteiger partial charge < -0.3 is 14.4 Å². The number of rotatable bonds is 5. The first kappa shape index (κ1) is 18.7. The Hall–Kier alpha value is -2.34. The molecule has 3 heterocycles. The lowest BCUT2D eigenvalue weighted by molar-refractivity contribution is -0.120. The SMILES string of the molecule is CC(=O)N1c2ccc(-c3cnn(C4CC4)c3)c(OCC3(C)COC3)c2CCC1C. The van der Waals surface area contributed by atoms with E-state index in [4.69, 9.17) is 9.47 Å². The summed E-state index contributed by atoms with van der Waals surface area (Å²) in [7, 11) is 0. The maximum absolute atomic E-state index is 12.4. The van der Waals surface area contributed by atoms with E-state index in [1.165, 1.54) is 12.8 Å². The highest BCUT2D eigenvalue weighted by Gasteiger charge is 2.36. The van der Waals surface area contributed by atoms with Crippen LogP contribution in [-0.4, -0.2) is 41.6 Å². The molecule has 1 aromatic carbocycles. The van der Waals surface area contributed by atoms with Gasteiger partial charge in [-0.2, -0.15) is 5.10 Å². The number of carbonyl (C=O) groups excluding carboxylic acids is 1.